The predicted molar refractivity (Wildman–Crippen MR) is 144 cm³/mol. The molecule has 0 unspecified atom stereocenters. The Morgan fingerprint density at radius 1 is 0.757 bits per heavy atom. The summed E-state index contributed by atoms with van der Waals surface area (Å²) in [5.74, 6) is 1.67. The van der Waals surface area contributed by atoms with E-state index in [0.29, 0.717) is 69.5 Å². The fourth-order valence-corrected chi connectivity index (χ4v) is 3.84. The third kappa shape index (κ3) is 9.00. The first-order chi connectivity index (χ1) is 18.3. The Labute approximate surface area is 217 Å². The van der Waals surface area contributed by atoms with Gasteiger partial charge in [0.15, 0.2) is 0 Å². The van der Waals surface area contributed by atoms with Crippen molar-refractivity contribution in [1.29, 1.82) is 0 Å². The first-order valence-electron chi connectivity index (χ1n) is 12.8. The highest BCUT2D eigenvalue weighted by atomic mass is 16.5. The molecule has 0 spiro atoms. The summed E-state index contributed by atoms with van der Waals surface area (Å²) in [6.45, 7) is 5.43. The summed E-state index contributed by atoms with van der Waals surface area (Å²) in [6.07, 6.45) is 2.30. The summed E-state index contributed by atoms with van der Waals surface area (Å²) >= 11 is 0. The molecule has 1 saturated heterocycles. The number of carbonyl (C=O) groups is 1. The summed E-state index contributed by atoms with van der Waals surface area (Å²) in [5.41, 5.74) is 1.80. The van der Waals surface area contributed by atoms with Gasteiger partial charge in [-0.1, -0.05) is 48.5 Å². The van der Waals surface area contributed by atoms with E-state index in [1.54, 1.807) is 12.1 Å². The molecule has 1 aromatic heterocycles. The van der Waals surface area contributed by atoms with E-state index in [2.05, 4.69) is 47.9 Å². The number of hydrogen-bond acceptors (Lipinski definition) is 9. The molecule has 1 aliphatic heterocycles. The van der Waals surface area contributed by atoms with Crippen LogP contribution in [0.4, 0.5) is 17.8 Å². The topological polar surface area (TPSA) is 114 Å². The first-order valence-corrected chi connectivity index (χ1v) is 12.8. The molecule has 10 nitrogen and oxygen atoms in total. The molecule has 0 aliphatic carbocycles. The van der Waals surface area contributed by atoms with Gasteiger partial charge in [-0.2, -0.15) is 15.0 Å². The Bertz CT molecular complexity index is 1080. The number of aromatic nitrogens is 3. The van der Waals surface area contributed by atoms with Gasteiger partial charge in [0.1, 0.15) is 0 Å². The molecule has 2 heterocycles. The molecular weight excluding hydrogens is 470 g/mol. The van der Waals surface area contributed by atoms with Gasteiger partial charge in [0.2, 0.25) is 17.8 Å². The number of rotatable bonds is 15. The van der Waals surface area contributed by atoms with Crippen molar-refractivity contribution in [2.75, 3.05) is 68.1 Å². The highest BCUT2D eigenvalue weighted by Gasteiger charge is 2.17. The minimum absolute atomic E-state index is 0.101. The molecule has 1 aliphatic rings. The standard InChI is InChI=1S/C27H35N7O3/c35-24(23-11-5-2-6-12-23)28-13-17-36-19-20-37-18-14-29-25-31-26(30-21-22-9-3-1-4-10-22)33-27(32-25)34-15-7-8-16-34/h1-6,9-12H,7-8,13-21H2,(H,28,35)(H2,29,30,31,32,33). The third-order valence-electron chi connectivity index (χ3n) is 5.78. The van der Waals surface area contributed by atoms with E-state index in [9.17, 15) is 4.79 Å². The monoisotopic (exact) mass is 505 g/mol. The number of ether oxygens (including phenoxy) is 2. The van der Waals surface area contributed by atoms with E-state index < -0.39 is 0 Å². The summed E-state index contributed by atoms with van der Waals surface area (Å²) in [6, 6.07) is 19.3. The maximum Gasteiger partial charge on any atom is 0.251 e. The van der Waals surface area contributed by atoms with Crippen LogP contribution >= 0.6 is 0 Å². The molecule has 37 heavy (non-hydrogen) atoms. The van der Waals surface area contributed by atoms with Crippen LogP contribution in [0.15, 0.2) is 60.7 Å². The van der Waals surface area contributed by atoms with Crippen LogP contribution in [0.3, 0.4) is 0 Å². The van der Waals surface area contributed by atoms with E-state index in [4.69, 9.17) is 9.47 Å². The van der Waals surface area contributed by atoms with E-state index in [-0.39, 0.29) is 5.91 Å². The van der Waals surface area contributed by atoms with Gasteiger partial charge in [-0.25, -0.2) is 0 Å². The molecule has 3 aromatic rings. The fraction of sp³-hybridized carbons (Fsp3) is 0.407. The van der Waals surface area contributed by atoms with Gasteiger partial charge in [-0.3, -0.25) is 4.79 Å². The number of hydrogen-bond donors (Lipinski definition) is 3. The van der Waals surface area contributed by atoms with Crippen molar-refractivity contribution in [3.63, 3.8) is 0 Å². The fourth-order valence-electron chi connectivity index (χ4n) is 3.84. The molecule has 0 atom stereocenters. The van der Waals surface area contributed by atoms with Crippen molar-refractivity contribution >= 4 is 23.8 Å². The van der Waals surface area contributed by atoms with Crippen molar-refractivity contribution in [3.8, 4) is 0 Å². The van der Waals surface area contributed by atoms with Gasteiger partial charge in [0.25, 0.3) is 5.91 Å². The Balaban J connectivity index is 1.13. The molecule has 3 N–H and O–H groups in total. The average molecular weight is 506 g/mol. The third-order valence-corrected chi connectivity index (χ3v) is 5.78. The van der Waals surface area contributed by atoms with Crippen LogP contribution in [-0.2, 0) is 16.0 Å². The van der Waals surface area contributed by atoms with Crippen LogP contribution in [0.25, 0.3) is 0 Å². The smallest absolute Gasteiger partial charge is 0.251 e. The highest BCUT2D eigenvalue weighted by molar-refractivity contribution is 5.94. The first kappa shape index (κ1) is 26.3. The molecule has 196 valence electrons. The summed E-state index contributed by atoms with van der Waals surface area (Å²) in [5, 5.41) is 9.39. The van der Waals surface area contributed by atoms with Crippen LogP contribution in [0.1, 0.15) is 28.8 Å². The summed E-state index contributed by atoms with van der Waals surface area (Å²) in [7, 11) is 0. The van der Waals surface area contributed by atoms with E-state index >= 15 is 0 Å². The molecule has 1 amide bonds. The minimum Gasteiger partial charge on any atom is -0.377 e. The van der Waals surface area contributed by atoms with E-state index in [0.717, 1.165) is 31.5 Å². The summed E-state index contributed by atoms with van der Waals surface area (Å²) in [4.78, 5) is 27.9. The Morgan fingerprint density at radius 2 is 1.38 bits per heavy atom. The number of anilines is 3. The van der Waals surface area contributed by atoms with Crippen LogP contribution in [-0.4, -0.2) is 73.5 Å². The normalized spacial score (nSPS) is 12.9. The van der Waals surface area contributed by atoms with Crippen LogP contribution in [0.5, 0.6) is 0 Å². The second-order valence-corrected chi connectivity index (χ2v) is 8.59. The lowest BCUT2D eigenvalue weighted by atomic mass is 10.2. The lowest BCUT2D eigenvalue weighted by Crippen LogP contribution is -2.27. The second kappa shape index (κ2) is 14.7. The van der Waals surface area contributed by atoms with E-state index in [1.165, 1.54) is 0 Å². The van der Waals surface area contributed by atoms with Crippen LogP contribution < -0.4 is 20.9 Å². The second-order valence-electron chi connectivity index (χ2n) is 8.59. The quantitative estimate of drug-likeness (QED) is 0.268. The van der Waals surface area contributed by atoms with Gasteiger partial charge < -0.3 is 30.3 Å². The number of carbonyl (C=O) groups excluding carboxylic acids is 1. The predicted octanol–water partition coefficient (Wildman–Crippen LogP) is 2.96. The van der Waals surface area contributed by atoms with Crippen LogP contribution in [0, 0.1) is 0 Å². The molecule has 1 fully saturated rings. The zero-order valence-corrected chi connectivity index (χ0v) is 21.1. The van der Waals surface area contributed by atoms with Crippen molar-refractivity contribution in [2.45, 2.75) is 19.4 Å². The van der Waals surface area contributed by atoms with Crippen molar-refractivity contribution in [1.82, 2.24) is 20.3 Å². The Hall–Kier alpha value is -3.76. The zero-order valence-electron chi connectivity index (χ0n) is 21.1. The van der Waals surface area contributed by atoms with Gasteiger partial charge in [-0.15, -0.1) is 0 Å². The molecule has 4 rings (SSSR count). The number of benzene rings is 2. The van der Waals surface area contributed by atoms with Gasteiger partial charge in [-0.05, 0) is 30.5 Å². The lowest BCUT2D eigenvalue weighted by Gasteiger charge is -2.17. The SMILES string of the molecule is O=C(NCCOCCOCCNc1nc(NCc2ccccc2)nc(N2CCCC2)n1)c1ccccc1. The largest absolute Gasteiger partial charge is 0.377 e. The van der Waals surface area contributed by atoms with Crippen molar-refractivity contribution < 1.29 is 14.3 Å². The number of amides is 1. The average Bonchev–Trinajstić information content (AvgIpc) is 3.49. The lowest BCUT2D eigenvalue weighted by molar-refractivity contribution is 0.0519. The highest BCUT2D eigenvalue weighted by Crippen LogP contribution is 2.19. The van der Waals surface area contributed by atoms with E-state index in [1.807, 2.05) is 36.4 Å². The number of nitrogens with zero attached hydrogens (tertiary/aromatic N) is 4. The van der Waals surface area contributed by atoms with Crippen LogP contribution in [0.2, 0.25) is 0 Å². The van der Waals surface area contributed by atoms with Crippen molar-refractivity contribution in [2.24, 2.45) is 0 Å². The van der Waals surface area contributed by atoms with Gasteiger partial charge in [0, 0.05) is 38.3 Å². The van der Waals surface area contributed by atoms with Crippen molar-refractivity contribution in [3.05, 3.63) is 71.8 Å². The molecule has 10 heteroatoms. The molecule has 0 saturated carbocycles. The molecule has 2 aromatic carbocycles. The maximum absolute atomic E-state index is 12.0. The zero-order chi connectivity index (χ0) is 25.5. The minimum atomic E-state index is -0.101. The number of nitrogens with one attached hydrogen (secondary N) is 3. The molecule has 0 radical (unpaired) electrons. The Kier molecular flexibility index (Phi) is 10.5. The van der Waals surface area contributed by atoms with Gasteiger partial charge >= 0.3 is 0 Å². The maximum atomic E-state index is 12.0. The molecular formula is C27H35N7O3. The summed E-state index contributed by atoms with van der Waals surface area (Å²) < 4.78 is 11.2. The Morgan fingerprint density at radius 3 is 2.08 bits per heavy atom. The van der Waals surface area contributed by atoms with Gasteiger partial charge in [0.05, 0.1) is 26.4 Å². The molecule has 0 bridgehead atoms.